The van der Waals surface area contributed by atoms with Gasteiger partial charge in [-0.3, -0.25) is 0 Å². The molecule has 7 nitrogen and oxygen atoms in total. The van der Waals surface area contributed by atoms with E-state index in [1.165, 1.54) is 13.3 Å². The van der Waals surface area contributed by atoms with Gasteiger partial charge in [0.05, 0.1) is 18.9 Å². The summed E-state index contributed by atoms with van der Waals surface area (Å²) < 4.78 is 10.3. The van der Waals surface area contributed by atoms with Gasteiger partial charge < -0.3 is 20.9 Å². The molecule has 0 aromatic heterocycles. The molecule has 0 spiro atoms. The topological polar surface area (TPSA) is 112 Å². The van der Waals surface area contributed by atoms with E-state index in [-0.39, 0.29) is 11.9 Å². The Morgan fingerprint density at radius 3 is 2.33 bits per heavy atom. The molecule has 0 unspecified atom stereocenters. The number of benzene rings is 2. The van der Waals surface area contributed by atoms with Gasteiger partial charge in [0.1, 0.15) is 12.4 Å². The predicted octanol–water partition coefficient (Wildman–Crippen LogP) is 1.66. The minimum absolute atomic E-state index is 0.0931. The molecular weight excluding hydrogens is 308 g/mol. The van der Waals surface area contributed by atoms with Crippen molar-refractivity contribution in [2.45, 2.75) is 6.61 Å². The third-order valence-corrected chi connectivity index (χ3v) is 3.04. The molecular formula is C17H18N4O3. The van der Waals surface area contributed by atoms with Crippen LogP contribution in [0.25, 0.3) is 0 Å². The van der Waals surface area contributed by atoms with Gasteiger partial charge in [-0.15, -0.1) is 5.10 Å². The van der Waals surface area contributed by atoms with Crippen molar-refractivity contribution < 1.29 is 14.3 Å². The summed E-state index contributed by atoms with van der Waals surface area (Å²) in [5.41, 5.74) is 12.6. The number of carbonyl (C=O) groups is 1. The van der Waals surface area contributed by atoms with E-state index in [1.54, 1.807) is 12.1 Å². The van der Waals surface area contributed by atoms with Gasteiger partial charge in [-0.25, -0.2) is 4.79 Å². The molecule has 0 heterocycles. The van der Waals surface area contributed by atoms with E-state index in [4.69, 9.17) is 16.2 Å². The maximum Gasteiger partial charge on any atom is 0.337 e. The number of hydrogen-bond acceptors (Lipinski definition) is 5. The molecule has 0 aliphatic rings. The highest BCUT2D eigenvalue weighted by Crippen LogP contribution is 2.14. The lowest BCUT2D eigenvalue weighted by Crippen LogP contribution is -2.21. The summed E-state index contributed by atoms with van der Waals surface area (Å²) in [6.07, 6.45) is 1.54. The van der Waals surface area contributed by atoms with Crippen LogP contribution in [-0.4, -0.2) is 25.3 Å². The lowest BCUT2D eigenvalue weighted by Gasteiger charge is -2.07. The second kappa shape index (κ2) is 8.33. The Morgan fingerprint density at radius 2 is 1.75 bits per heavy atom. The largest absolute Gasteiger partial charge is 0.489 e. The first-order valence-corrected chi connectivity index (χ1v) is 7.10. The minimum atomic E-state index is -0.361. The van der Waals surface area contributed by atoms with Gasteiger partial charge in [0, 0.05) is 0 Å². The first-order valence-electron chi connectivity index (χ1n) is 7.10. The van der Waals surface area contributed by atoms with Crippen LogP contribution in [0.5, 0.6) is 5.75 Å². The summed E-state index contributed by atoms with van der Waals surface area (Å²) in [5, 5.41) is 7.25. The zero-order chi connectivity index (χ0) is 17.4. The molecule has 124 valence electrons. The van der Waals surface area contributed by atoms with E-state index in [2.05, 4.69) is 14.9 Å². The van der Waals surface area contributed by atoms with Crippen molar-refractivity contribution in [3.8, 4) is 5.75 Å². The predicted molar refractivity (Wildman–Crippen MR) is 92.0 cm³/mol. The van der Waals surface area contributed by atoms with E-state index in [0.717, 1.165) is 11.1 Å². The fourth-order valence-electron chi connectivity index (χ4n) is 1.83. The van der Waals surface area contributed by atoms with Gasteiger partial charge in [0.2, 0.25) is 5.96 Å². The number of ether oxygens (including phenoxy) is 2. The number of methoxy groups -OCH3 is 1. The molecule has 0 radical (unpaired) electrons. The Bertz CT molecular complexity index is 733. The maximum absolute atomic E-state index is 11.4. The molecule has 0 atom stereocenters. The first-order chi connectivity index (χ1) is 11.6. The average molecular weight is 326 g/mol. The number of carbonyl (C=O) groups excluding carboxylic acids is 1. The summed E-state index contributed by atoms with van der Waals surface area (Å²) in [6.45, 7) is 0.392. The van der Waals surface area contributed by atoms with E-state index < -0.39 is 0 Å². The van der Waals surface area contributed by atoms with Crippen molar-refractivity contribution in [2.75, 3.05) is 7.11 Å². The fraction of sp³-hybridized carbons (Fsp3) is 0.118. The van der Waals surface area contributed by atoms with Crippen molar-refractivity contribution in [3.63, 3.8) is 0 Å². The molecule has 0 aliphatic heterocycles. The van der Waals surface area contributed by atoms with Crippen molar-refractivity contribution in [2.24, 2.45) is 21.7 Å². The normalized spacial score (nSPS) is 10.4. The Balaban J connectivity index is 1.91. The Morgan fingerprint density at radius 1 is 1.08 bits per heavy atom. The Kier molecular flexibility index (Phi) is 5.90. The Hall–Kier alpha value is -3.35. The number of nitrogens with zero attached hydrogens (tertiary/aromatic N) is 2. The van der Waals surface area contributed by atoms with Crippen LogP contribution in [0.3, 0.4) is 0 Å². The van der Waals surface area contributed by atoms with E-state index in [9.17, 15) is 4.79 Å². The lowest BCUT2D eigenvalue weighted by atomic mass is 10.1. The molecule has 7 heteroatoms. The van der Waals surface area contributed by atoms with Crippen molar-refractivity contribution in [1.82, 2.24) is 0 Å². The number of nitrogens with two attached hydrogens (primary N) is 2. The molecule has 0 aliphatic carbocycles. The molecule has 0 amide bonds. The summed E-state index contributed by atoms with van der Waals surface area (Å²) in [5.74, 6) is 0.260. The van der Waals surface area contributed by atoms with Crippen LogP contribution in [0.4, 0.5) is 0 Å². The third-order valence-electron chi connectivity index (χ3n) is 3.04. The molecule has 24 heavy (non-hydrogen) atoms. The van der Waals surface area contributed by atoms with Gasteiger partial charge in [-0.05, 0) is 47.5 Å². The van der Waals surface area contributed by atoms with Crippen LogP contribution >= 0.6 is 0 Å². The minimum Gasteiger partial charge on any atom is -0.489 e. The summed E-state index contributed by atoms with van der Waals surface area (Å²) in [4.78, 5) is 11.4. The summed E-state index contributed by atoms with van der Waals surface area (Å²) in [7, 11) is 1.35. The second-order valence-electron chi connectivity index (χ2n) is 4.82. The van der Waals surface area contributed by atoms with Gasteiger partial charge in [0.15, 0.2) is 0 Å². The van der Waals surface area contributed by atoms with Crippen molar-refractivity contribution in [3.05, 3.63) is 65.2 Å². The highest BCUT2D eigenvalue weighted by Gasteiger charge is 2.04. The molecule has 0 saturated carbocycles. The molecule has 0 bridgehead atoms. The molecule has 0 saturated heterocycles. The highest BCUT2D eigenvalue weighted by atomic mass is 16.5. The van der Waals surface area contributed by atoms with Crippen LogP contribution in [0.2, 0.25) is 0 Å². The first kappa shape index (κ1) is 17.0. The average Bonchev–Trinajstić information content (AvgIpc) is 2.60. The van der Waals surface area contributed by atoms with E-state index >= 15 is 0 Å². The van der Waals surface area contributed by atoms with Crippen LogP contribution < -0.4 is 16.2 Å². The zero-order valence-corrected chi connectivity index (χ0v) is 13.2. The summed E-state index contributed by atoms with van der Waals surface area (Å²) >= 11 is 0. The SMILES string of the molecule is COC(=O)c1ccc(COc2ccc(C=NN=C(N)N)cc2)cc1. The number of esters is 1. The Labute approximate surface area is 139 Å². The van der Waals surface area contributed by atoms with E-state index in [1.807, 2.05) is 36.4 Å². The monoisotopic (exact) mass is 326 g/mol. The zero-order valence-electron chi connectivity index (χ0n) is 13.2. The van der Waals surface area contributed by atoms with Crippen LogP contribution in [-0.2, 0) is 11.3 Å². The van der Waals surface area contributed by atoms with E-state index in [0.29, 0.717) is 17.9 Å². The smallest absolute Gasteiger partial charge is 0.337 e. The lowest BCUT2D eigenvalue weighted by molar-refractivity contribution is 0.0600. The third kappa shape index (κ3) is 5.13. The quantitative estimate of drug-likeness (QED) is 0.363. The molecule has 2 rings (SSSR count). The number of hydrogen-bond donors (Lipinski definition) is 2. The second-order valence-corrected chi connectivity index (χ2v) is 4.82. The number of guanidine groups is 1. The number of rotatable bonds is 6. The molecule has 0 fully saturated rings. The summed E-state index contributed by atoms with van der Waals surface area (Å²) in [6, 6.07) is 14.4. The van der Waals surface area contributed by atoms with Crippen LogP contribution in [0.1, 0.15) is 21.5 Å². The van der Waals surface area contributed by atoms with Crippen molar-refractivity contribution in [1.29, 1.82) is 0 Å². The van der Waals surface area contributed by atoms with Gasteiger partial charge in [0.25, 0.3) is 0 Å². The molecule has 2 aromatic carbocycles. The van der Waals surface area contributed by atoms with Crippen LogP contribution in [0.15, 0.2) is 58.7 Å². The maximum atomic E-state index is 11.4. The van der Waals surface area contributed by atoms with Gasteiger partial charge in [-0.2, -0.15) is 5.10 Å². The standard InChI is InChI=1S/C17H18N4O3/c1-23-16(22)14-6-2-13(3-7-14)11-24-15-8-4-12(5-9-15)10-20-21-17(18)19/h2-10H,11H2,1H3,(H4,18,19,21). The highest BCUT2D eigenvalue weighted by molar-refractivity contribution is 5.89. The fourth-order valence-corrected chi connectivity index (χ4v) is 1.83. The van der Waals surface area contributed by atoms with Gasteiger partial charge >= 0.3 is 5.97 Å². The molecule has 4 N–H and O–H groups in total. The van der Waals surface area contributed by atoms with Gasteiger partial charge in [-0.1, -0.05) is 12.1 Å². The van der Waals surface area contributed by atoms with Crippen molar-refractivity contribution >= 4 is 18.1 Å². The van der Waals surface area contributed by atoms with Crippen LogP contribution in [0, 0.1) is 0 Å². The molecule has 2 aromatic rings.